The van der Waals surface area contributed by atoms with Crippen LogP contribution in [-0.2, 0) is 11.5 Å². The van der Waals surface area contributed by atoms with Gasteiger partial charge >= 0.3 is 0 Å². The average molecular weight is 325 g/mol. The fourth-order valence-corrected chi connectivity index (χ4v) is 3.30. The van der Waals surface area contributed by atoms with E-state index in [4.69, 9.17) is 9.72 Å². The molecule has 1 aromatic heterocycles. The van der Waals surface area contributed by atoms with E-state index in [2.05, 4.69) is 54.5 Å². The van der Waals surface area contributed by atoms with Gasteiger partial charge in [-0.2, -0.15) is 0 Å². The van der Waals surface area contributed by atoms with Crippen molar-refractivity contribution in [3.05, 3.63) is 54.6 Å². The van der Waals surface area contributed by atoms with E-state index >= 15 is 0 Å². The van der Waals surface area contributed by atoms with Crippen LogP contribution in [-0.4, -0.2) is 24.2 Å². The minimum Gasteiger partial charge on any atom is -0.361 e. The molecular weight excluding hydrogens is 300 g/mol. The van der Waals surface area contributed by atoms with Gasteiger partial charge in [-0.1, -0.05) is 62.1 Å². The Morgan fingerprint density at radius 3 is 2.39 bits per heavy atom. The number of hydrogen-bond donors (Lipinski definition) is 0. The molecule has 0 aliphatic heterocycles. The third-order valence-electron chi connectivity index (χ3n) is 3.90. The van der Waals surface area contributed by atoms with Crippen LogP contribution in [0.4, 0.5) is 0 Å². The summed E-state index contributed by atoms with van der Waals surface area (Å²) >= 11 is 0. The molecule has 23 heavy (non-hydrogen) atoms. The second-order valence-electron chi connectivity index (χ2n) is 7.07. The molecule has 3 rings (SSSR count). The Labute approximate surface area is 138 Å². The van der Waals surface area contributed by atoms with Crippen LogP contribution in [0.2, 0.25) is 25.7 Å². The Morgan fingerprint density at radius 1 is 0.957 bits per heavy atom. The summed E-state index contributed by atoms with van der Waals surface area (Å²) in [6.07, 6.45) is 0. The van der Waals surface area contributed by atoms with Gasteiger partial charge in [0.05, 0.1) is 11.0 Å². The van der Waals surface area contributed by atoms with Crippen LogP contribution in [0, 0.1) is 0 Å². The summed E-state index contributed by atoms with van der Waals surface area (Å²) < 4.78 is 8.16. The van der Waals surface area contributed by atoms with E-state index in [1.165, 1.54) is 6.04 Å². The van der Waals surface area contributed by atoms with Gasteiger partial charge in [0.1, 0.15) is 12.6 Å². The summed E-state index contributed by atoms with van der Waals surface area (Å²) in [5.41, 5.74) is 3.26. The number of benzene rings is 2. The smallest absolute Gasteiger partial charge is 0.143 e. The van der Waals surface area contributed by atoms with E-state index in [1.807, 2.05) is 24.3 Å². The molecule has 0 unspecified atom stereocenters. The first-order valence-electron chi connectivity index (χ1n) is 8.13. The third-order valence-corrected chi connectivity index (χ3v) is 5.61. The van der Waals surface area contributed by atoms with Crippen molar-refractivity contribution in [1.82, 2.24) is 9.55 Å². The van der Waals surface area contributed by atoms with Gasteiger partial charge in [-0.15, -0.1) is 0 Å². The molecule has 3 nitrogen and oxygen atoms in total. The molecule has 120 valence electrons. The molecule has 0 atom stereocenters. The molecule has 0 saturated heterocycles. The Hall–Kier alpha value is -1.91. The maximum Gasteiger partial charge on any atom is 0.143 e. The molecule has 2 aromatic carbocycles. The van der Waals surface area contributed by atoms with Crippen LogP contribution >= 0.6 is 0 Å². The van der Waals surface area contributed by atoms with E-state index in [9.17, 15) is 0 Å². The molecule has 0 aliphatic rings. The molecule has 0 N–H and O–H groups in total. The Kier molecular flexibility index (Phi) is 4.64. The number of aromatic nitrogens is 2. The zero-order valence-electron chi connectivity index (χ0n) is 14.1. The molecular formula is C19H24N2OSi. The van der Waals surface area contributed by atoms with Crippen molar-refractivity contribution in [3.8, 4) is 11.4 Å². The second-order valence-corrected chi connectivity index (χ2v) is 12.7. The number of nitrogens with zero attached hydrogens (tertiary/aromatic N) is 2. The number of para-hydroxylation sites is 2. The van der Waals surface area contributed by atoms with Crippen molar-refractivity contribution in [2.45, 2.75) is 32.4 Å². The lowest BCUT2D eigenvalue weighted by molar-refractivity contribution is 0.0909. The van der Waals surface area contributed by atoms with Gasteiger partial charge in [-0.3, -0.25) is 4.57 Å². The van der Waals surface area contributed by atoms with Gasteiger partial charge in [0.15, 0.2) is 0 Å². The van der Waals surface area contributed by atoms with Crippen molar-refractivity contribution < 1.29 is 4.74 Å². The van der Waals surface area contributed by atoms with E-state index in [1.54, 1.807) is 0 Å². The molecule has 0 bridgehead atoms. The Morgan fingerprint density at radius 2 is 1.65 bits per heavy atom. The van der Waals surface area contributed by atoms with Crippen molar-refractivity contribution in [2.24, 2.45) is 0 Å². The second kappa shape index (κ2) is 6.68. The fourth-order valence-electron chi connectivity index (χ4n) is 2.55. The zero-order valence-corrected chi connectivity index (χ0v) is 15.1. The molecule has 0 saturated carbocycles. The summed E-state index contributed by atoms with van der Waals surface area (Å²) in [7, 11) is -1.06. The highest BCUT2D eigenvalue weighted by Crippen LogP contribution is 2.24. The Bertz CT molecular complexity index is 775. The largest absolute Gasteiger partial charge is 0.361 e. The lowest BCUT2D eigenvalue weighted by Crippen LogP contribution is -2.22. The van der Waals surface area contributed by atoms with E-state index in [-0.39, 0.29) is 0 Å². The van der Waals surface area contributed by atoms with Crippen LogP contribution < -0.4 is 0 Å². The first-order valence-corrected chi connectivity index (χ1v) is 11.8. The third kappa shape index (κ3) is 3.89. The van der Waals surface area contributed by atoms with Gasteiger partial charge in [0.2, 0.25) is 0 Å². The molecule has 4 heteroatoms. The Balaban J connectivity index is 1.88. The van der Waals surface area contributed by atoms with Crippen LogP contribution in [0.1, 0.15) is 0 Å². The van der Waals surface area contributed by atoms with Gasteiger partial charge in [0.25, 0.3) is 0 Å². The summed E-state index contributed by atoms with van der Waals surface area (Å²) in [6.45, 7) is 8.49. The summed E-state index contributed by atoms with van der Waals surface area (Å²) in [6, 6.07) is 19.7. The predicted octanol–water partition coefficient (Wildman–Crippen LogP) is 5.02. The number of fused-ring (bicyclic) bond motifs is 1. The number of imidazole rings is 1. The first-order chi connectivity index (χ1) is 11.0. The lowest BCUT2D eigenvalue weighted by Gasteiger charge is -2.16. The van der Waals surface area contributed by atoms with Crippen LogP contribution in [0.5, 0.6) is 0 Å². The molecule has 0 fully saturated rings. The topological polar surface area (TPSA) is 27.1 Å². The minimum atomic E-state index is -1.06. The van der Waals surface area contributed by atoms with Crippen molar-refractivity contribution in [1.29, 1.82) is 0 Å². The first kappa shape index (κ1) is 16.0. The molecule has 1 heterocycles. The monoisotopic (exact) mass is 324 g/mol. The fraction of sp³-hybridized carbons (Fsp3) is 0.316. The minimum absolute atomic E-state index is 0.551. The van der Waals surface area contributed by atoms with Gasteiger partial charge in [0, 0.05) is 20.2 Å². The van der Waals surface area contributed by atoms with Gasteiger partial charge in [-0.05, 0) is 18.2 Å². The molecule has 3 aromatic rings. The number of rotatable bonds is 6. The summed E-state index contributed by atoms with van der Waals surface area (Å²) in [4.78, 5) is 4.80. The maximum atomic E-state index is 5.98. The maximum absolute atomic E-state index is 5.98. The van der Waals surface area contributed by atoms with Crippen molar-refractivity contribution in [3.63, 3.8) is 0 Å². The number of hydrogen-bond acceptors (Lipinski definition) is 2. The highest BCUT2D eigenvalue weighted by molar-refractivity contribution is 6.76. The van der Waals surface area contributed by atoms with Gasteiger partial charge in [-0.25, -0.2) is 4.98 Å². The van der Waals surface area contributed by atoms with Crippen LogP contribution in [0.25, 0.3) is 22.4 Å². The van der Waals surface area contributed by atoms with E-state index in [0.717, 1.165) is 29.0 Å². The van der Waals surface area contributed by atoms with Crippen LogP contribution in [0.15, 0.2) is 54.6 Å². The number of ether oxygens (including phenoxy) is 1. The normalized spacial score (nSPS) is 12.0. The summed E-state index contributed by atoms with van der Waals surface area (Å²) in [5.74, 6) is 0.972. The van der Waals surface area contributed by atoms with Gasteiger partial charge < -0.3 is 4.74 Å². The molecule has 0 amide bonds. The van der Waals surface area contributed by atoms with Crippen molar-refractivity contribution >= 4 is 19.1 Å². The summed E-state index contributed by atoms with van der Waals surface area (Å²) in [5, 5.41) is 0. The average Bonchev–Trinajstić information content (AvgIpc) is 2.90. The predicted molar refractivity (Wildman–Crippen MR) is 99.3 cm³/mol. The highest BCUT2D eigenvalue weighted by atomic mass is 28.3. The van der Waals surface area contributed by atoms with Crippen LogP contribution in [0.3, 0.4) is 0 Å². The van der Waals surface area contributed by atoms with Crippen molar-refractivity contribution in [2.75, 3.05) is 6.61 Å². The lowest BCUT2D eigenvalue weighted by atomic mass is 10.2. The highest BCUT2D eigenvalue weighted by Gasteiger charge is 2.14. The van der Waals surface area contributed by atoms with E-state index in [0.29, 0.717) is 6.73 Å². The SMILES string of the molecule is C[Si](C)(C)CCOCn1c(-c2ccccc2)nc2ccccc21. The molecule has 0 spiro atoms. The quantitative estimate of drug-likeness (QED) is 0.470. The van der Waals surface area contributed by atoms with E-state index < -0.39 is 8.07 Å². The molecule has 0 aliphatic carbocycles. The standard InChI is InChI=1S/C19H24N2OSi/c1-23(2,3)14-13-22-15-21-18-12-8-7-11-17(18)20-19(21)16-9-5-4-6-10-16/h4-12H,13-15H2,1-3H3. The molecule has 0 radical (unpaired) electrons. The zero-order chi connectivity index (χ0) is 16.3.